The summed E-state index contributed by atoms with van der Waals surface area (Å²) in [5.41, 5.74) is 3.88. The van der Waals surface area contributed by atoms with Gasteiger partial charge in [-0.1, -0.05) is 18.2 Å². The Hall–Kier alpha value is -2.38. The van der Waals surface area contributed by atoms with E-state index in [1.165, 1.54) is 0 Å². The zero-order chi connectivity index (χ0) is 21.9. The normalized spacial score (nSPS) is 20.2. The molecule has 2 unspecified atom stereocenters. The SMILES string of the molecule is Cc1nn(-c2ccccc2)c(C)c1CNC(=O)NCC(C)(C)N1CC(C)OC(C)C1. The second kappa shape index (κ2) is 9.18. The van der Waals surface area contributed by atoms with E-state index >= 15 is 0 Å². The molecule has 2 N–H and O–H groups in total. The molecule has 2 amide bonds. The van der Waals surface area contributed by atoms with E-state index < -0.39 is 0 Å². The number of amides is 2. The number of carbonyl (C=O) groups is 1. The van der Waals surface area contributed by atoms with E-state index in [-0.39, 0.29) is 23.8 Å². The van der Waals surface area contributed by atoms with Crippen LogP contribution < -0.4 is 10.6 Å². The molecule has 1 aliphatic heterocycles. The lowest BCUT2D eigenvalue weighted by molar-refractivity contribution is -0.0947. The molecule has 1 saturated heterocycles. The summed E-state index contributed by atoms with van der Waals surface area (Å²) in [6.07, 6.45) is 0.405. The maximum absolute atomic E-state index is 12.5. The molecule has 0 spiro atoms. The van der Waals surface area contributed by atoms with Crippen molar-refractivity contribution in [1.29, 1.82) is 0 Å². The van der Waals surface area contributed by atoms with Gasteiger partial charge in [-0.15, -0.1) is 0 Å². The summed E-state index contributed by atoms with van der Waals surface area (Å²) in [7, 11) is 0. The summed E-state index contributed by atoms with van der Waals surface area (Å²) in [6, 6.07) is 9.87. The molecule has 2 atom stereocenters. The van der Waals surface area contributed by atoms with Gasteiger partial charge in [0.05, 0.1) is 23.6 Å². The number of morpholine rings is 1. The van der Waals surface area contributed by atoms with Gasteiger partial charge in [0.15, 0.2) is 0 Å². The highest BCUT2D eigenvalue weighted by Crippen LogP contribution is 2.21. The van der Waals surface area contributed by atoms with Gasteiger partial charge in [0.2, 0.25) is 0 Å². The Balaban J connectivity index is 1.56. The first kappa shape index (κ1) is 22.3. The molecular formula is C23H35N5O2. The number of nitrogens with zero attached hydrogens (tertiary/aromatic N) is 3. The van der Waals surface area contributed by atoms with Gasteiger partial charge in [0, 0.05) is 43.0 Å². The van der Waals surface area contributed by atoms with Crippen LogP contribution in [0.4, 0.5) is 4.79 Å². The van der Waals surface area contributed by atoms with Crippen LogP contribution in [0.1, 0.15) is 44.6 Å². The molecule has 0 aliphatic carbocycles. The second-order valence-electron chi connectivity index (χ2n) is 8.91. The highest BCUT2D eigenvalue weighted by molar-refractivity contribution is 5.74. The van der Waals surface area contributed by atoms with Crippen LogP contribution in [0.3, 0.4) is 0 Å². The van der Waals surface area contributed by atoms with Crippen LogP contribution in [0, 0.1) is 13.8 Å². The van der Waals surface area contributed by atoms with Crippen LogP contribution >= 0.6 is 0 Å². The van der Waals surface area contributed by atoms with Crippen molar-refractivity contribution in [3.63, 3.8) is 0 Å². The number of urea groups is 1. The first-order chi connectivity index (χ1) is 14.2. The van der Waals surface area contributed by atoms with E-state index in [4.69, 9.17) is 4.74 Å². The number of hydrogen-bond acceptors (Lipinski definition) is 4. The average Bonchev–Trinajstić information content (AvgIpc) is 2.98. The molecule has 0 bridgehead atoms. The zero-order valence-electron chi connectivity index (χ0n) is 19.0. The molecule has 7 heteroatoms. The smallest absolute Gasteiger partial charge is 0.315 e. The van der Waals surface area contributed by atoms with Gasteiger partial charge in [0.1, 0.15) is 0 Å². The third kappa shape index (κ3) is 5.21. The summed E-state index contributed by atoms with van der Waals surface area (Å²) in [5.74, 6) is 0. The van der Waals surface area contributed by atoms with Crippen LogP contribution in [0.25, 0.3) is 5.69 Å². The van der Waals surface area contributed by atoms with Crippen LogP contribution in [0.5, 0.6) is 0 Å². The van der Waals surface area contributed by atoms with E-state index in [0.717, 1.165) is 35.7 Å². The van der Waals surface area contributed by atoms with Crippen LogP contribution in [-0.4, -0.2) is 58.1 Å². The molecule has 3 rings (SSSR count). The van der Waals surface area contributed by atoms with E-state index in [0.29, 0.717) is 13.1 Å². The Morgan fingerprint density at radius 3 is 2.40 bits per heavy atom. The van der Waals surface area contributed by atoms with Gasteiger partial charge in [-0.3, -0.25) is 4.90 Å². The van der Waals surface area contributed by atoms with Gasteiger partial charge in [-0.25, -0.2) is 9.48 Å². The molecule has 164 valence electrons. The Morgan fingerprint density at radius 1 is 1.13 bits per heavy atom. The number of para-hydroxylation sites is 1. The van der Waals surface area contributed by atoms with Gasteiger partial charge in [0.25, 0.3) is 0 Å². The van der Waals surface area contributed by atoms with E-state index in [1.807, 2.05) is 48.9 Å². The van der Waals surface area contributed by atoms with E-state index in [9.17, 15) is 4.79 Å². The highest BCUT2D eigenvalue weighted by atomic mass is 16.5. The Bertz CT molecular complexity index is 852. The number of benzene rings is 1. The van der Waals surface area contributed by atoms with Crippen molar-refractivity contribution < 1.29 is 9.53 Å². The van der Waals surface area contributed by atoms with Gasteiger partial charge >= 0.3 is 6.03 Å². The number of ether oxygens (including phenoxy) is 1. The summed E-state index contributed by atoms with van der Waals surface area (Å²) in [5, 5.41) is 10.7. The lowest BCUT2D eigenvalue weighted by Gasteiger charge is -2.45. The van der Waals surface area contributed by atoms with Crippen LogP contribution in [0.15, 0.2) is 30.3 Å². The fourth-order valence-electron chi connectivity index (χ4n) is 4.06. The van der Waals surface area contributed by atoms with E-state index in [1.54, 1.807) is 0 Å². The monoisotopic (exact) mass is 413 g/mol. The Morgan fingerprint density at radius 2 is 1.77 bits per heavy atom. The molecule has 0 saturated carbocycles. The molecule has 1 aliphatic rings. The van der Waals surface area contributed by atoms with Crippen LogP contribution in [-0.2, 0) is 11.3 Å². The molecule has 7 nitrogen and oxygen atoms in total. The lowest BCUT2D eigenvalue weighted by atomic mass is 10.00. The summed E-state index contributed by atoms with van der Waals surface area (Å²) in [6.45, 7) is 15.3. The molecule has 1 aromatic heterocycles. The minimum atomic E-state index is -0.163. The Kier molecular flexibility index (Phi) is 6.83. The molecule has 2 aromatic rings. The number of carbonyl (C=O) groups excluding carboxylic acids is 1. The quantitative estimate of drug-likeness (QED) is 0.763. The number of aromatic nitrogens is 2. The van der Waals surface area contributed by atoms with Gasteiger partial charge in [-0.05, 0) is 53.7 Å². The molecule has 2 heterocycles. The van der Waals surface area contributed by atoms with Gasteiger partial charge < -0.3 is 15.4 Å². The number of nitrogens with one attached hydrogen (secondary N) is 2. The summed E-state index contributed by atoms with van der Waals surface area (Å²) >= 11 is 0. The predicted molar refractivity (Wildman–Crippen MR) is 119 cm³/mol. The van der Waals surface area contributed by atoms with Gasteiger partial charge in [-0.2, -0.15) is 5.10 Å². The molecule has 30 heavy (non-hydrogen) atoms. The van der Waals surface area contributed by atoms with Crippen molar-refractivity contribution in [3.05, 3.63) is 47.3 Å². The largest absolute Gasteiger partial charge is 0.373 e. The molecule has 1 fully saturated rings. The third-order valence-electron chi connectivity index (χ3n) is 5.82. The number of rotatable bonds is 6. The van der Waals surface area contributed by atoms with E-state index in [2.05, 4.69) is 48.3 Å². The van der Waals surface area contributed by atoms with Crippen molar-refractivity contribution in [2.75, 3.05) is 19.6 Å². The summed E-state index contributed by atoms with van der Waals surface area (Å²) in [4.78, 5) is 14.9. The number of aryl methyl sites for hydroxylation is 1. The predicted octanol–water partition coefficient (Wildman–Crippen LogP) is 3.18. The fraction of sp³-hybridized carbons (Fsp3) is 0.565. The molecule has 1 aromatic carbocycles. The minimum absolute atomic E-state index is 0.145. The zero-order valence-corrected chi connectivity index (χ0v) is 19.0. The minimum Gasteiger partial charge on any atom is -0.373 e. The third-order valence-corrected chi connectivity index (χ3v) is 5.82. The summed E-state index contributed by atoms with van der Waals surface area (Å²) < 4.78 is 7.76. The van der Waals surface area contributed by atoms with Crippen molar-refractivity contribution in [1.82, 2.24) is 25.3 Å². The number of hydrogen-bond donors (Lipinski definition) is 2. The maximum atomic E-state index is 12.5. The molecular weight excluding hydrogens is 378 g/mol. The van der Waals surface area contributed by atoms with Crippen molar-refractivity contribution in [3.8, 4) is 5.69 Å². The van der Waals surface area contributed by atoms with Crippen LogP contribution in [0.2, 0.25) is 0 Å². The average molecular weight is 414 g/mol. The second-order valence-corrected chi connectivity index (χ2v) is 8.91. The van der Waals surface area contributed by atoms with Crippen molar-refractivity contribution in [2.24, 2.45) is 0 Å². The Labute approximate surface area is 179 Å². The lowest BCUT2D eigenvalue weighted by Crippen LogP contribution is -2.59. The van der Waals surface area contributed by atoms with Crippen molar-refractivity contribution in [2.45, 2.75) is 65.8 Å². The first-order valence-electron chi connectivity index (χ1n) is 10.7. The van der Waals surface area contributed by atoms with Crippen molar-refractivity contribution >= 4 is 6.03 Å². The maximum Gasteiger partial charge on any atom is 0.315 e. The standard InChI is InChI=1S/C23H35N5O2/c1-16-13-27(14-17(2)30-16)23(5,6)15-25-22(29)24-12-21-18(3)26-28(19(21)4)20-10-8-7-9-11-20/h7-11,16-17H,12-15H2,1-6H3,(H2,24,25,29). The fourth-order valence-corrected chi connectivity index (χ4v) is 4.06. The highest BCUT2D eigenvalue weighted by Gasteiger charge is 2.33. The first-order valence-corrected chi connectivity index (χ1v) is 10.7. The topological polar surface area (TPSA) is 71.4 Å². The molecule has 0 radical (unpaired) electrons.